The molecule has 0 aliphatic carbocycles. The molecule has 2 heterocycles. The number of nitrogens with zero attached hydrogens (tertiary/aromatic N) is 3. The van der Waals surface area contributed by atoms with Gasteiger partial charge in [-0.15, -0.1) is 0 Å². The first-order valence-electron chi connectivity index (χ1n) is 5.18. The summed E-state index contributed by atoms with van der Waals surface area (Å²) in [6.45, 7) is 3.49. The molecule has 0 aromatic rings. The molecule has 2 aliphatic rings. The molecule has 78 valence electrons. The Kier molecular flexibility index (Phi) is 2.91. The lowest BCUT2D eigenvalue weighted by molar-refractivity contribution is 0.0923. The van der Waals surface area contributed by atoms with Crippen LogP contribution in [0.2, 0.25) is 0 Å². The van der Waals surface area contributed by atoms with Crippen molar-refractivity contribution in [2.45, 2.75) is 25.4 Å². The number of rotatable bonds is 2. The van der Waals surface area contributed by atoms with Gasteiger partial charge in [0.05, 0.1) is 19.3 Å². The van der Waals surface area contributed by atoms with Gasteiger partial charge in [0.1, 0.15) is 0 Å². The molecule has 2 atom stereocenters. The van der Waals surface area contributed by atoms with E-state index in [9.17, 15) is 0 Å². The SMILES string of the molecule is [N-]=[N+]=NC[C@@H]1C[C@]2(CCCNC2)CO1. The molecule has 2 fully saturated rings. The van der Waals surface area contributed by atoms with Gasteiger partial charge >= 0.3 is 0 Å². The molecule has 0 saturated carbocycles. The predicted octanol–water partition coefficient (Wildman–Crippen LogP) is 1.46. The zero-order valence-electron chi connectivity index (χ0n) is 8.28. The summed E-state index contributed by atoms with van der Waals surface area (Å²) in [5, 5.41) is 6.98. The van der Waals surface area contributed by atoms with Crippen molar-refractivity contribution in [1.82, 2.24) is 5.32 Å². The first-order chi connectivity index (χ1) is 6.85. The van der Waals surface area contributed by atoms with Gasteiger partial charge in [0.15, 0.2) is 0 Å². The number of nitrogens with one attached hydrogen (secondary N) is 1. The van der Waals surface area contributed by atoms with Crippen LogP contribution < -0.4 is 5.32 Å². The molecule has 1 N–H and O–H groups in total. The van der Waals surface area contributed by atoms with Crippen LogP contribution in [0.4, 0.5) is 0 Å². The van der Waals surface area contributed by atoms with Crippen LogP contribution in [0.25, 0.3) is 10.4 Å². The van der Waals surface area contributed by atoms with E-state index in [4.69, 9.17) is 10.3 Å². The third-order valence-corrected chi connectivity index (χ3v) is 3.20. The summed E-state index contributed by atoms with van der Waals surface area (Å²) in [4.78, 5) is 2.76. The van der Waals surface area contributed by atoms with E-state index in [1.165, 1.54) is 12.8 Å². The van der Waals surface area contributed by atoms with Crippen molar-refractivity contribution < 1.29 is 4.74 Å². The van der Waals surface area contributed by atoms with Crippen molar-refractivity contribution in [2.75, 3.05) is 26.2 Å². The number of ether oxygens (including phenoxy) is 1. The molecule has 0 aromatic heterocycles. The Morgan fingerprint density at radius 1 is 1.64 bits per heavy atom. The lowest BCUT2D eigenvalue weighted by Gasteiger charge is -2.32. The maximum absolute atomic E-state index is 8.22. The van der Waals surface area contributed by atoms with Crippen LogP contribution >= 0.6 is 0 Å². The number of piperidine rings is 1. The molecular weight excluding hydrogens is 180 g/mol. The Hall–Kier alpha value is -0.770. The van der Waals surface area contributed by atoms with E-state index < -0.39 is 0 Å². The summed E-state index contributed by atoms with van der Waals surface area (Å²) in [5.74, 6) is 0. The van der Waals surface area contributed by atoms with Crippen LogP contribution in [0, 0.1) is 5.41 Å². The van der Waals surface area contributed by atoms with Crippen molar-refractivity contribution in [3.8, 4) is 0 Å². The molecule has 5 nitrogen and oxygen atoms in total. The number of hydrogen-bond acceptors (Lipinski definition) is 3. The highest BCUT2D eigenvalue weighted by molar-refractivity contribution is 4.92. The molecular formula is C9H16N4O. The minimum Gasteiger partial charge on any atom is -0.377 e. The lowest BCUT2D eigenvalue weighted by Crippen LogP contribution is -2.40. The van der Waals surface area contributed by atoms with Crippen molar-refractivity contribution in [3.63, 3.8) is 0 Å². The van der Waals surface area contributed by atoms with Gasteiger partial charge in [-0.05, 0) is 31.3 Å². The zero-order chi connectivity index (χ0) is 9.86. The van der Waals surface area contributed by atoms with Crippen LogP contribution in [0.1, 0.15) is 19.3 Å². The van der Waals surface area contributed by atoms with Gasteiger partial charge in [-0.1, -0.05) is 5.11 Å². The van der Waals surface area contributed by atoms with E-state index in [0.717, 1.165) is 26.1 Å². The molecule has 0 amide bonds. The fourth-order valence-electron chi connectivity index (χ4n) is 2.47. The third kappa shape index (κ3) is 2.00. The van der Waals surface area contributed by atoms with Gasteiger partial charge in [-0.3, -0.25) is 0 Å². The molecule has 14 heavy (non-hydrogen) atoms. The number of hydrogen-bond donors (Lipinski definition) is 1. The minimum atomic E-state index is 0.144. The van der Waals surface area contributed by atoms with E-state index >= 15 is 0 Å². The normalized spacial score (nSPS) is 37.0. The second-order valence-corrected chi connectivity index (χ2v) is 4.33. The predicted molar refractivity (Wildman–Crippen MR) is 52.9 cm³/mol. The van der Waals surface area contributed by atoms with Crippen LogP contribution in [0.3, 0.4) is 0 Å². The standard InChI is InChI=1S/C9H16N4O/c10-13-12-5-8-4-9(7-14-8)2-1-3-11-6-9/h8,11H,1-7H2/t8-,9-/m0/s1. The van der Waals surface area contributed by atoms with Crippen molar-refractivity contribution in [2.24, 2.45) is 10.5 Å². The average Bonchev–Trinajstić information content (AvgIpc) is 2.60. The molecule has 0 unspecified atom stereocenters. The summed E-state index contributed by atoms with van der Waals surface area (Å²) in [5.41, 5.74) is 8.55. The first kappa shape index (κ1) is 9.77. The summed E-state index contributed by atoms with van der Waals surface area (Å²) >= 11 is 0. The highest BCUT2D eigenvalue weighted by Crippen LogP contribution is 2.38. The first-order valence-corrected chi connectivity index (χ1v) is 5.18. The van der Waals surface area contributed by atoms with Crippen molar-refractivity contribution >= 4 is 0 Å². The number of azide groups is 1. The largest absolute Gasteiger partial charge is 0.377 e. The van der Waals surface area contributed by atoms with Crippen LogP contribution in [-0.2, 0) is 4.74 Å². The molecule has 2 rings (SSSR count). The second kappa shape index (κ2) is 4.17. The van der Waals surface area contributed by atoms with Gasteiger partial charge < -0.3 is 10.1 Å². The average molecular weight is 196 g/mol. The highest BCUT2D eigenvalue weighted by atomic mass is 16.5. The molecule has 0 aromatic carbocycles. The Labute approximate surface area is 83.4 Å². The van der Waals surface area contributed by atoms with Gasteiger partial charge in [0.25, 0.3) is 0 Å². The molecule has 5 heteroatoms. The van der Waals surface area contributed by atoms with E-state index in [-0.39, 0.29) is 6.10 Å². The monoisotopic (exact) mass is 196 g/mol. The topological polar surface area (TPSA) is 70.0 Å². The highest BCUT2D eigenvalue weighted by Gasteiger charge is 2.40. The van der Waals surface area contributed by atoms with Crippen LogP contribution in [-0.4, -0.2) is 32.3 Å². The Balaban J connectivity index is 1.88. The second-order valence-electron chi connectivity index (χ2n) is 4.33. The zero-order valence-corrected chi connectivity index (χ0v) is 8.28. The van der Waals surface area contributed by atoms with Gasteiger partial charge in [0, 0.05) is 16.9 Å². The maximum Gasteiger partial charge on any atom is 0.0638 e. The smallest absolute Gasteiger partial charge is 0.0638 e. The van der Waals surface area contributed by atoms with Crippen molar-refractivity contribution in [3.05, 3.63) is 10.4 Å². The van der Waals surface area contributed by atoms with Crippen LogP contribution in [0.15, 0.2) is 5.11 Å². The van der Waals surface area contributed by atoms with E-state index in [1.807, 2.05) is 0 Å². The van der Waals surface area contributed by atoms with Gasteiger partial charge in [0.2, 0.25) is 0 Å². The summed E-state index contributed by atoms with van der Waals surface area (Å²) in [6.07, 6.45) is 3.66. The Bertz CT molecular complexity index is 243. The lowest BCUT2D eigenvalue weighted by atomic mass is 9.79. The minimum absolute atomic E-state index is 0.144. The van der Waals surface area contributed by atoms with E-state index in [1.54, 1.807) is 0 Å². The Morgan fingerprint density at radius 2 is 2.57 bits per heavy atom. The molecule has 0 radical (unpaired) electrons. The Morgan fingerprint density at radius 3 is 3.29 bits per heavy atom. The van der Waals surface area contributed by atoms with Gasteiger partial charge in [-0.25, -0.2) is 0 Å². The van der Waals surface area contributed by atoms with E-state index in [0.29, 0.717) is 12.0 Å². The molecule has 2 saturated heterocycles. The summed E-state index contributed by atoms with van der Waals surface area (Å²) < 4.78 is 5.64. The third-order valence-electron chi connectivity index (χ3n) is 3.20. The molecule has 2 aliphatic heterocycles. The van der Waals surface area contributed by atoms with E-state index in [2.05, 4.69) is 15.3 Å². The fraction of sp³-hybridized carbons (Fsp3) is 1.00. The summed E-state index contributed by atoms with van der Waals surface area (Å²) in [7, 11) is 0. The van der Waals surface area contributed by atoms with Gasteiger partial charge in [-0.2, -0.15) is 0 Å². The maximum atomic E-state index is 8.22. The van der Waals surface area contributed by atoms with Crippen molar-refractivity contribution in [1.29, 1.82) is 0 Å². The fourth-order valence-corrected chi connectivity index (χ4v) is 2.47. The van der Waals surface area contributed by atoms with Crippen LogP contribution in [0.5, 0.6) is 0 Å². The quantitative estimate of drug-likeness (QED) is 0.412. The summed E-state index contributed by atoms with van der Waals surface area (Å²) in [6, 6.07) is 0. The molecule has 1 spiro atoms. The molecule has 0 bridgehead atoms.